The molecule has 1 fully saturated rings. The van der Waals surface area contributed by atoms with Crippen LogP contribution >= 0.6 is 24.8 Å². The standard InChI is InChI=1S/C18H20N2O.2ClH/c21-17-8-4-7-14-16-11-19-9-10-20(16)12-15(18(14)17)13-5-2-1-3-6-13;;/h1-8,15-16,19,21H,9-12H2;2*1H/t15-,16-;;/m1../s1. The van der Waals surface area contributed by atoms with Gasteiger partial charge >= 0.3 is 0 Å². The second-order valence-corrected chi connectivity index (χ2v) is 5.96. The summed E-state index contributed by atoms with van der Waals surface area (Å²) >= 11 is 0. The minimum atomic E-state index is 0. The van der Waals surface area contributed by atoms with Gasteiger partial charge < -0.3 is 10.4 Å². The maximum atomic E-state index is 10.4. The second kappa shape index (κ2) is 7.54. The number of nitrogens with zero attached hydrogens (tertiary/aromatic N) is 1. The van der Waals surface area contributed by atoms with Crippen molar-refractivity contribution < 1.29 is 5.11 Å². The number of benzene rings is 2. The van der Waals surface area contributed by atoms with Gasteiger partial charge in [0.2, 0.25) is 0 Å². The number of fused-ring (bicyclic) bond motifs is 3. The highest BCUT2D eigenvalue weighted by Crippen LogP contribution is 2.43. The molecular formula is C18H22Cl2N2O. The zero-order valence-electron chi connectivity index (χ0n) is 12.8. The molecule has 1 saturated heterocycles. The van der Waals surface area contributed by atoms with Crippen molar-refractivity contribution in [3.8, 4) is 5.75 Å². The van der Waals surface area contributed by atoms with Crippen molar-refractivity contribution in [2.24, 2.45) is 0 Å². The van der Waals surface area contributed by atoms with Gasteiger partial charge in [-0.2, -0.15) is 0 Å². The number of rotatable bonds is 1. The van der Waals surface area contributed by atoms with Gasteiger partial charge in [-0.15, -0.1) is 24.8 Å². The average molecular weight is 353 g/mol. The van der Waals surface area contributed by atoms with Crippen LogP contribution in [0.2, 0.25) is 0 Å². The molecule has 2 N–H and O–H groups in total. The highest BCUT2D eigenvalue weighted by molar-refractivity contribution is 5.85. The SMILES string of the molecule is Cl.Cl.Oc1cccc2c1[C@@H](c1ccccc1)CN1CCNC[C@H]21. The van der Waals surface area contributed by atoms with E-state index in [9.17, 15) is 5.11 Å². The van der Waals surface area contributed by atoms with Crippen LogP contribution in [-0.4, -0.2) is 36.2 Å². The molecule has 2 aromatic carbocycles. The molecule has 0 saturated carbocycles. The fourth-order valence-electron chi connectivity index (χ4n) is 3.80. The largest absolute Gasteiger partial charge is 0.508 e. The Balaban J connectivity index is 0.000000960. The number of phenols is 1. The molecule has 2 heterocycles. The van der Waals surface area contributed by atoms with Crippen molar-refractivity contribution in [1.82, 2.24) is 10.2 Å². The van der Waals surface area contributed by atoms with E-state index in [4.69, 9.17) is 0 Å². The van der Waals surface area contributed by atoms with E-state index in [1.807, 2.05) is 18.2 Å². The van der Waals surface area contributed by atoms with Crippen molar-refractivity contribution in [3.05, 3.63) is 65.2 Å². The summed E-state index contributed by atoms with van der Waals surface area (Å²) in [5.74, 6) is 0.698. The van der Waals surface area contributed by atoms with E-state index in [1.165, 1.54) is 11.1 Å². The topological polar surface area (TPSA) is 35.5 Å². The van der Waals surface area contributed by atoms with Crippen LogP contribution in [0.5, 0.6) is 5.75 Å². The zero-order valence-corrected chi connectivity index (χ0v) is 14.4. The van der Waals surface area contributed by atoms with E-state index in [0.717, 1.165) is 31.7 Å². The van der Waals surface area contributed by atoms with Gasteiger partial charge in [0.05, 0.1) is 0 Å². The van der Waals surface area contributed by atoms with Gasteiger partial charge in [0, 0.05) is 43.7 Å². The first kappa shape index (κ1) is 18.1. The monoisotopic (exact) mass is 352 g/mol. The molecule has 0 amide bonds. The molecule has 4 rings (SSSR count). The van der Waals surface area contributed by atoms with E-state index in [2.05, 4.69) is 40.5 Å². The van der Waals surface area contributed by atoms with Gasteiger partial charge in [0.1, 0.15) is 5.75 Å². The lowest BCUT2D eigenvalue weighted by molar-refractivity contribution is 0.142. The molecule has 2 aliphatic heterocycles. The number of nitrogens with one attached hydrogen (secondary N) is 1. The van der Waals surface area contributed by atoms with Crippen molar-refractivity contribution in [1.29, 1.82) is 0 Å². The maximum absolute atomic E-state index is 10.4. The number of phenolic OH excluding ortho intramolecular Hbond substituents is 1. The molecule has 5 heteroatoms. The van der Waals surface area contributed by atoms with Gasteiger partial charge in [-0.3, -0.25) is 4.90 Å². The summed E-state index contributed by atoms with van der Waals surface area (Å²) < 4.78 is 0. The Morgan fingerprint density at radius 1 is 1.00 bits per heavy atom. The number of halogens is 2. The number of hydrogen-bond acceptors (Lipinski definition) is 3. The second-order valence-electron chi connectivity index (χ2n) is 5.96. The lowest BCUT2D eigenvalue weighted by Crippen LogP contribution is -2.50. The molecule has 2 aliphatic rings. The summed E-state index contributed by atoms with van der Waals surface area (Å²) in [7, 11) is 0. The van der Waals surface area contributed by atoms with Gasteiger partial charge in [-0.05, 0) is 17.2 Å². The average Bonchev–Trinajstić information content (AvgIpc) is 2.55. The van der Waals surface area contributed by atoms with E-state index in [0.29, 0.717) is 11.8 Å². The number of piperazine rings is 1. The van der Waals surface area contributed by atoms with Crippen LogP contribution < -0.4 is 5.32 Å². The highest BCUT2D eigenvalue weighted by Gasteiger charge is 2.36. The molecule has 0 spiro atoms. The highest BCUT2D eigenvalue weighted by atomic mass is 35.5. The fourth-order valence-corrected chi connectivity index (χ4v) is 3.80. The van der Waals surface area contributed by atoms with E-state index in [1.54, 1.807) is 0 Å². The summed E-state index contributed by atoms with van der Waals surface area (Å²) in [5.41, 5.74) is 3.69. The van der Waals surface area contributed by atoms with Gasteiger partial charge in [0.25, 0.3) is 0 Å². The van der Waals surface area contributed by atoms with Crippen LogP contribution in [0.25, 0.3) is 0 Å². The van der Waals surface area contributed by atoms with E-state index in [-0.39, 0.29) is 30.7 Å². The smallest absolute Gasteiger partial charge is 0.119 e. The Hall–Kier alpha value is -1.26. The van der Waals surface area contributed by atoms with Crippen molar-refractivity contribution >= 4 is 24.8 Å². The Morgan fingerprint density at radius 3 is 2.57 bits per heavy atom. The van der Waals surface area contributed by atoms with Gasteiger partial charge in [0.15, 0.2) is 0 Å². The number of hydrogen-bond donors (Lipinski definition) is 2. The van der Waals surface area contributed by atoms with E-state index < -0.39 is 0 Å². The molecule has 2 atom stereocenters. The normalized spacial score (nSPS) is 23.0. The van der Waals surface area contributed by atoms with Crippen LogP contribution in [0.3, 0.4) is 0 Å². The van der Waals surface area contributed by atoms with Crippen molar-refractivity contribution in [2.45, 2.75) is 12.0 Å². The summed E-state index contributed by atoms with van der Waals surface area (Å²) in [5, 5.41) is 13.9. The van der Waals surface area contributed by atoms with Crippen LogP contribution in [-0.2, 0) is 0 Å². The van der Waals surface area contributed by atoms with Crippen LogP contribution in [0.15, 0.2) is 48.5 Å². The number of aromatic hydroxyl groups is 1. The molecule has 0 bridgehead atoms. The zero-order chi connectivity index (χ0) is 14.2. The lowest BCUT2D eigenvalue weighted by atomic mass is 9.80. The molecule has 3 nitrogen and oxygen atoms in total. The minimum absolute atomic E-state index is 0. The Kier molecular flexibility index (Phi) is 5.93. The molecular weight excluding hydrogens is 331 g/mol. The molecule has 0 aliphatic carbocycles. The van der Waals surface area contributed by atoms with Gasteiger partial charge in [-0.25, -0.2) is 0 Å². The summed E-state index contributed by atoms with van der Waals surface area (Å²) in [4.78, 5) is 2.55. The lowest BCUT2D eigenvalue weighted by Gasteiger charge is -2.44. The Bertz CT molecular complexity index is 651. The van der Waals surface area contributed by atoms with Crippen LogP contribution in [0.1, 0.15) is 28.7 Å². The third kappa shape index (κ3) is 3.20. The molecule has 0 unspecified atom stereocenters. The molecule has 124 valence electrons. The molecule has 23 heavy (non-hydrogen) atoms. The van der Waals surface area contributed by atoms with Crippen molar-refractivity contribution in [3.63, 3.8) is 0 Å². The van der Waals surface area contributed by atoms with Crippen LogP contribution in [0, 0.1) is 0 Å². The minimum Gasteiger partial charge on any atom is -0.508 e. The van der Waals surface area contributed by atoms with E-state index >= 15 is 0 Å². The quantitative estimate of drug-likeness (QED) is 0.826. The van der Waals surface area contributed by atoms with Crippen LogP contribution in [0.4, 0.5) is 0 Å². The first-order valence-corrected chi connectivity index (χ1v) is 7.66. The maximum Gasteiger partial charge on any atom is 0.119 e. The molecule has 0 radical (unpaired) electrons. The summed E-state index contributed by atoms with van der Waals surface area (Å²) in [6, 6.07) is 16.9. The Morgan fingerprint density at radius 2 is 1.78 bits per heavy atom. The van der Waals surface area contributed by atoms with Crippen molar-refractivity contribution in [2.75, 3.05) is 26.2 Å². The first-order valence-electron chi connectivity index (χ1n) is 7.66. The summed E-state index contributed by atoms with van der Waals surface area (Å²) in [6.07, 6.45) is 0. The molecule has 2 aromatic rings. The summed E-state index contributed by atoms with van der Waals surface area (Å²) in [6.45, 7) is 4.08. The molecule has 0 aromatic heterocycles. The predicted molar refractivity (Wildman–Crippen MR) is 98.1 cm³/mol. The fraction of sp³-hybridized carbons (Fsp3) is 0.333. The predicted octanol–water partition coefficient (Wildman–Crippen LogP) is 3.33. The van der Waals surface area contributed by atoms with Gasteiger partial charge in [-0.1, -0.05) is 42.5 Å². The first-order chi connectivity index (χ1) is 10.3. The third-order valence-electron chi connectivity index (χ3n) is 4.80. The third-order valence-corrected chi connectivity index (χ3v) is 4.80. The Labute approximate surface area is 149 Å².